The van der Waals surface area contributed by atoms with Crippen molar-refractivity contribution in [2.24, 2.45) is 0 Å². The summed E-state index contributed by atoms with van der Waals surface area (Å²) in [5, 5.41) is 19.9. The number of aliphatic hydroxyl groups excluding tert-OH is 1. The number of ether oxygens (including phenoxy) is 1. The standard InChI is InChI=1S/C13H16FNO5/c14-9-1-3-10(4-2-9)20-8-6-12(17)15-7-5-11(16)13(18)19/h1-4,11,16H,5-8H2,(H,15,17)(H,18,19). The highest BCUT2D eigenvalue weighted by atomic mass is 19.1. The van der Waals surface area contributed by atoms with E-state index in [4.69, 9.17) is 14.9 Å². The number of carbonyl (C=O) groups is 2. The number of amides is 1. The van der Waals surface area contributed by atoms with E-state index in [1.807, 2.05) is 0 Å². The Bertz CT molecular complexity index is 449. The van der Waals surface area contributed by atoms with Crippen LogP contribution >= 0.6 is 0 Å². The van der Waals surface area contributed by atoms with Gasteiger partial charge in [0.05, 0.1) is 13.0 Å². The van der Waals surface area contributed by atoms with Gasteiger partial charge in [0.15, 0.2) is 6.10 Å². The number of hydrogen-bond acceptors (Lipinski definition) is 4. The van der Waals surface area contributed by atoms with Crippen LogP contribution in [0.3, 0.4) is 0 Å². The van der Waals surface area contributed by atoms with Gasteiger partial charge < -0.3 is 20.3 Å². The number of aliphatic carboxylic acids is 1. The Labute approximate surface area is 115 Å². The highest BCUT2D eigenvalue weighted by molar-refractivity contribution is 5.76. The highest BCUT2D eigenvalue weighted by Crippen LogP contribution is 2.10. The molecule has 0 aliphatic rings. The van der Waals surface area contributed by atoms with Crippen LogP contribution in [0, 0.1) is 5.82 Å². The van der Waals surface area contributed by atoms with Gasteiger partial charge in [0.25, 0.3) is 0 Å². The number of carboxylic acids is 1. The molecule has 0 saturated carbocycles. The van der Waals surface area contributed by atoms with Crippen LogP contribution in [-0.2, 0) is 9.59 Å². The van der Waals surface area contributed by atoms with Crippen molar-refractivity contribution in [3.05, 3.63) is 30.1 Å². The number of hydrogen-bond donors (Lipinski definition) is 3. The maximum Gasteiger partial charge on any atom is 0.332 e. The van der Waals surface area contributed by atoms with Gasteiger partial charge in [-0.2, -0.15) is 0 Å². The molecule has 0 heterocycles. The molecule has 1 aromatic carbocycles. The predicted octanol–water partition coefficient (Wildman–Crippen LogP) is 0.546. The second-order valence-corrected chi connectivity index (χ2v) is 4.05. The Kier molecular flexibility index (Phi) is 6.45. The fourth-order valence-electron chi connectivity index (χ4n) is 1.35. The number of rotatable bonds is 8. The predicted molar refractivity (Wildman–Crippen MR) is 67.8 cm³/mol. The van der Waals surface area contributed by atoms with Crippen LogP contribution in [0.5, 0.6) is 5.75 Å². The Hall–Kier alpha value is -2.15. The number of halogens is 1. The van der Waals surface area contributed by atoms with Gasteiger partial charge in [-0.15, -0.1) is 0 Å². The van der Waals surface area contributed by atoms with Gasteiger partial charge in [0.2, 0.25) is 5.91 Å². The lowest BCUT2D eigenvalue weighted by molar-refractivity contribution is -0.147. The van der Waals surface area contributed by atoms with Gasteiger partial charge in [0, 0.05) is 13.0 Å². The monoisotopic (exact) mass is 285 g/mol. The number of carboxylic acid groups (broad SMARTS) is 1. The summed E-state index contributed by atoms with van der Waals surface area (Å²) >= 11 is 0. The third kappa shape index (κ3) is 6.14. The Morgan fingerprint density at radius 3 is 2.55 bits per heavy atom. The lowest BCUT2D eigenvalue weighted by Gasteiger charge is -2.08. The zero-order valence-electron chi connectivity index (χ0n) is 10.7. The lowest BCUT2D eigenvalue weighted by Crippen LogP contribution is -2.30. The van der Waals surface area contributed by atoms with E-state index in [0.29, 0.717) is 5.75 Å². The van der Waals surface area contributed by atoms with Gasteiger partial charge in [0.1, 0.15) is 11.6 Å². The van der Waals surface area contributed by atoms with Gasteiger partial charge in [-0.1, -0.05) is 0 Å². The zero-order valence-corrected chi connectivity index (χ0v) is 10.7. The van der Waals surface area contributed by atoms with Crippen molar-refractivity contribution in [3.8, 4) is 5.75 Å². The van der Waals surface area contributed by atoms with Crippen LogP contribution in [0.2, 0.25) is 0 Å². The first kappa shape index (κ1) is 15.9. The first-order valence-electron chi connectivity index (χ1n) is 6.05. The molecule has 0 aliphatic heterocycles. The number of carbonyl (C=O) groups excluding carboxylic acids is 1. The van der Waals surface area contributed by atoms with Gasteiger partial charge in [-0.25, -0.2) is 9.18 Å². The molecular weight excluding hydrogens is 269 g/mol. The molecule has 0 saturated heterocycles. The second kappa shape index (κ2) is 8.11. The van der Waals surface area contributed by atoms with Crippen LogP contribution in [0.25, 0.3) is 0 Å². The molecule has 7 heteroatoms. The Morgan fingerprint density at radius 2 is 1.95 bits per heavy atom. The van der Waals surface area contributed by atoms with E-state index in [0.717, 1.165) is 0 Å². The summed E-state index contributed by atoms with van der Waals surface area (Å²) in [6.07, 6.45) is -1.45. The third-order valence-electron chi connectivity index (χ3n) is 2.44. The SMILES string of the molecule is O=C(CCOc1ccc(F)cc1)NCCC(O)C(=O)O. The molecule has 110 valence electrons. The average molecular weight is 285 g/mol. The summed E-state index contributed by atoms with van der Waals surface area (Å²) in [7, 11) is 0. The highest BCUT2D eigenvalue weighted by Gasteiger charge is 2.12. The molecule has 1 aromatic rings. The molecule has 1 unspecified atom stereocenters. The van der Waals surface area contributed by atoms with E-state index in [2.05, 4.69) is 5.32 Å². The number of aliphatic hydroxyl groups is 1. The van der Waals surface area contributed by atoms with Crippen molar-refractivity contribution in [2.45, 2.75) is 18.9 Å². The van der Waals surface area contributed by atoms with Crippen molar-refractivity contribution in [1.29, 1.82) is 0 Å². The van der Waals surface area contributed by atoms with Crippen molar-refractivity contribution < 1.29 is 28.9 Å². The molecule has 0 fully saturated rings. The quantitative estimate of drug-likeness (QED) is 0.648. The normalized spacial score (nSPS) is 11.7. The van der Waals surface area contributed by atoms with E-state index in [9.17, 15) is 14.0 Å². The van der Waals surface area contributed by atoms with E-state index >= 15 is 0 Å². The first-order chi connectivity index (χ1) is 9.49. The van der Waals surface area contributed by atoms with Gasteiger partial charge in [-0.05, 0) is 24.3 Å². The first-order valence-corrected chi connectivity index (χ1v) is 6.05. The van der Waals surface area contributed by atoms with E-state index in [1.165, 1.54) is 24.3 Å². The van der Waals surface area contributed by atoms with Crippen LogP contribution < -0.4 is 10.1 Å². The Morgan fingerprint density at radius 1 is 1.30 bits per heavy atom. The average Bonchev–Trinajstić information content (AvgIpc) is 2.40. The van der Waals surface area contributed by atoms with Gasteiger partial charge >= 0.3 is 5.97 Å². The molecule has 1 rings (SSSR count). The molecular formula is C13H16FNO5. The van der Waals surface area contributed by atoms with E-state index in [-0.39, 0.29) is 37.7 Å². The van der Waals surface area contributed by atoms with Crippen LogP contribution in [0.15, 0.2) is 24.3 Å². The Balaban J connectivity index is 2.14. The summed E-state index contributed by atoms with van der Waals surface area (Å²) in [5.41, 5.74) is 0. The molecule has 3 N–H and O–H groups in total. The summed E-state index contributed by atoms with van der Waals surface area (Å²) < 4.78 is 17.8. The molecule has 1 amide bonds. The molecule has 1 atom stereocenters. The molecule has 0 spiro atoms. The van der Waals surface area contributed by atoms with Gasteiger partial charge in [-0.3, -0.25) is 4.79 Å². The zero-order chi connectivity index (χ0) is 15.0. The van der Waals surface area contributed by atoms with Crippen molar-refractivity contribution in [1.82, 2.24) is 5.32 Å². The third-order valence-corrected chi connectivity index (χ3v) is 2.44. The van der Waals surface area contributed by atoms with Crippen LogP contribution in [0.1, 0.15) is 12.8 Å². The topological polar surface area (TPSA) is 95.9 Å². The minimum atomic E-state index is -1.48. The minimum absolute atomic E-state index is 0.0557. The van der Waals surface area contributed by atoms with Crippen molar-refractivity contribution >= 4 is 11.9 Å². The maximum absolute atomic E-state index is 12.6. The molecule has 0 radical (unpaired) electrons. The van der Waals surface area contributed by atoms with Crippen molar-refractivity contribution in [3.63, 3.8) is 0 Å². The largest absolute Gasteiger partial charge is 0.493 e. The van der Waals surface area contributed by atoms with Crippen LogP contribution in [0.4, 0.5) is 4.39 Å². The van der Waals surface area contributed by atoms with E-state index < -0.39 is 12.1 Å². The molecule has 6 nitrogen and oxygen atoms in total. The van der Waals surface area contributed by atoms with E-state index in [1.54, 1.807) is 0 Å². The van der Waals surface area contributed by atoms with Crippen molar-refractivity contribution in [2.75, 3.05) is 13.2 Å². The summed E-state index contributed by atoms with van der Waals surface area (Å²) in [4.78, 5) is 21.7. The van der Waals surface area contributed by atoms with Crippen LogP contribution in [-0.4, -0.2) is 41.3 Å². The number of benzene rings is 1. The molecule has 0 aromatic heterocycles. The second-order valence-electron chi connectivity index (χ2n) is 4.05. The fraction of sp³-hybridized carbons (Fsp3) is 0.385. The molecule has 0 bridgehead atoms. The maximum atomic E-state index is 12.6. The fourth-order valence-corrected chi connectivity index (χ4v) is 1.35. The summed E-state index contributed by atoms with van der Waals surface area (Å²) in [6, 6.07) is 5.41. The minimum Gasteiger partial charge on any atom is -0.493 e. The summed E-state index contributed by atoms with van der Waals surface area (Å²) in [5.74, 6) is -1.55. The lowest BCUT2D eigenvalue weighted by atomic mass is 10.2. The molecule has 0 aliphatic carbocycles. The summed E-state index contributed by atoms with van der Waals surface area (Å²) in [6.45, 7) is 0.196. The molecule has 20 heavy (non-hydrogen) atoms. The number of nitrogens with one attached hydrogen (secondary N) is 1. The smallest absolute Gasteiger partial charge is 0.332 e.